The van der Waals surface area contributed by atoms with Gasteiger partial charge in [0, 0.05) is 29.4 Å². The molecule has 244 valence electrons. The standard InChI is InChI=1S/C32H32ClF4N5O4/c1-5-45-30(43)23-26(16-7-10-22-17(11-16)14-42(41-22)15-32(3,4)31(44)46-6-2)39-29(28-21(36)12-18(34)13-38-28)40-27(23)19-8-9-20(35)25(37)24(19)33/h8-9,12-14,16,27H,5-7,10-11,15H2,1-4H3,(H,39,40). The molecule has 46 heavy (non-hydrogen) atoms. The van der Waals surface area contributed by atoms with Crippen molar-refractivity contribution in [3.8, 4) is 0 Å². The fourth-order valence-electron chi connectivity index (χ4n) is 5.69. The third-order valence-electron chi connectivity index (χ3n) is 7.88. The van der Waals surface area contributed by atoms with Crippen molar-refractivity contribution in [3.63, 3.8) is 0 Å². The van der Waals surface area contributed by atoms with Gasteiger partial charge in [0.15, 0.2) is 23.3 Å². The van der Waals surface area contributed by atoms with E-state index in [1.807, 2.05) is 6.20 Å². The molecule has 0 saturated heterocycles. The first-order valence-electron chi connectivity index (χ1n) is 14.8. The van der Waals surface area contributed by atoms with Crippen LogP contribution in [0, 0.1) is 34.6 Å². The van der Waals surface area contributed by atoms with E-state index in [2.05, 4.69) is 20.4 Å². The molecule has 0 spiro atoms. The summed E-state index contributed by atoms with van der Waals surface area (Å²) in [4.78, 5) is 34.4. The lowest BCUT2D eigenvalue weighted by molar-refractivity contribution is -0.154. The van der Waals surface area contributed by atoms with E-state index in [0.717, 1.165) is 23.5 Å². The average Bonchev–Trinajstić information content (AvgIpc) is 3.40. The van der Waals surface area contributed by atoms with E-state index in [1.54, 1.807) is 32.4 Å². The Balaban J connectivity index is 1.60. The number of amidine groups is 1. The zero-order valence-corrected chi connectivity index (χ0v) is 26.4. The monoisotopic (exact) mass is 661 g/mol. The van der Waals surface area contributed by atoms with Gasteiger partial charge in [-0.2, -0.15) is 5.10 Å². The number of carbonyl (C=O) groups is 2. The number of carbonyl (C=O) groups excluding carboxylic acids is 2. The summed E-state index contributed by atoms with van der Waals surface area (Å²) < 4.78 is 69.9. The zero-order valence-electron chi connectivity index (χ0n) is 25.6. The lowest BCUT2D eigenvalue weighted by atomic mass is 9.81. The second-order valence-corrected chi connectivity index (χ2v) is 12.0. The van der Waals surface area contributed by atoms with Crippen molar-refractivity contribution in [1.29, 1.82) is 0 Å². The number of aliphatic imine (C=N–C) groups is 1. The molecule has 2 aromatic heterocycles. The highest BCUT2D eigenvalue weighted by molar-refractivity contribution is 6.31. The molecule has 1 N–H and O–H groups in total. The Hall–Kier alpha value is -4.26. The van der Waals surface area contributed by atoms with Gasteiger partial charge in [0.1, 0.15) is 17.6 Å². The molecule has 0 fully saturated rings. The number of ether oxygens (including phenoxy) is 2. The van der Waals surface area contributed by atoms with Crippen molar-refractivity contribution >= 4 is 29.4 Å². The number of nitrogens with zero attached hydrogens (tertiary/aromatic N) is 4. The number of allylic oxidation sites excluding steroid dienone is 1. The van der Waals surface area contributed by atoms with Gasteiger partial charge >= 0.3 is 11.9 Å². The summed E-state index contributed by atoms with van der Waals surface area (Å²) in [6, 6.07) is 1.33. The predicted octanol–water partition coefficient (Wildman–Crippen LogP) is 5.79. The number of hydrogen-bond donors (Lipinski definition) is 1. The van der Waals surface area contributed by atoms with Crippen molar-refractivity contribution in [1.82, 2.24) is 20.1 Å². The van der Waals surface area contributed by atoms with Gasteiger partial charge in [-0.05, 0) is 58.6 Å². The number of pyridine rings is 1. The molecular weight excluding hydrogens is 630 g/mol. The highest BCUT2D eigenvalue weighted by Gasteiger charge is 2.39. The van der Waals surface area contributed by atoms with Crippen LogP contribution in [0.15, 0.2) is 46.9 Å². The van der Waals surface area contributed by atoms with Crippen LogP contribution < -0.4 is 5.32 Å². The molecule has 0 amide bonds. The molecule has 0 saturated carbocycles. The number of fused-ring (bicyclic) bond motifs is 1. The number of rotatable bonds is 9. The van der Waals surface area contributed by atoms with Gasteiger partial charge in [0.25, 0.3) is 0 Å². The summed E-state index contributed by atoms with van der Waals surface area (Å²) in [6.45, 7) is 7.40. The van der Waals surface area contributed by atoms with Gasteiger partial charge in [-0.3, -0.25) is 14.5 Å². The normalized spacial score (nSPS) is 18.1. The minimum Gasteiger partial charge on any atom is -0.466 e. The molecule has 14 heteroatoms. The van der Waals surface area contributed by atoms with Crippen molar-refractivity contribution in [2.75, 3.05) is 13.2 Å². The third kappa shape index (κ3) is 6.51. The lowest BCUT2D eigenvalue weighted by Crippen LogP contribution is -2.39. The van der Waals surface area contributed by atoms with Crippen LogP contribution in [-0.2, 0) is 38.4 Å². The summed E-state index contributed by atoms with van der Waals surface area (Å²) in [5, 5.41) is 7.12. The van der Waals surface area contributed by atoms with E-state index >= 15 is 4.39 Å². The molecular formula is C32H32ClF4N5O4. The van der Waals surface area contributed by atoms with Gasteiger partial charge in [0.05, 0.1) is 47.7 Å². The van der Waals surface area contributed by atoms with Gasteiger partial charge in [0.2, 0.25) is 0 Å². The maximum atomic E-state index is 15.0. The number of aromatic nitrogens is 3. The first kappa shape index (κ1) is 33.1. The molecule has 5 rings (SSSR count). The molecule has 3 heterocycles. The Morgan fingerprint density at radius 2 is 1.85 bits per heavy atom. The van der Waals surface area contributed by atoms with Crippen LogP contribution in [0.25, 0.3) is 0 Å². The smallest absolute Gasteiger partial charge is 0.338 e. The van der Waals surface area contributed by atoms with Gasteiger partial charge in [-0.25, -0.2) is 27.3 Å². The number of aryl methyl sites for hydroxylation is 1. The maximum absolute atomic E-state index is 15.0. The number of esters is 2. The Morgan fingerprint density at radius 1 is 1.11 bits per heavy atom. The molecule has 1 aliphatic heterocycles. The molecule has 0 radical (unpaired) electrons. The average molecular weight is 662 g/mol. The largest absolute Gasteiger partial charge is 0.466 e. The van der Waals surface area contributed by atoms with Crippen molar-refractivity contribution in [2.45, 2.75) is 59.5 Å². The van der Waals surface area contributed by atoms with Gasteiger partial charge in [-0.1, -0.05) is 17.7 Å². The first-order valence-corrected chi connectivity index (χ1v) is 15.2. The van der Waals surface area contributed by atoms with Crippen LogP contribution in [-0.4, -0.2) is 45.8 Å². The number of hydrogen-bond acceptors (Lipinski definition) is 8. The van der Waals surface area contributed by atoms with Crippen molar-refractivity contribution in [2.24, 2.45) is 16.3 Å². The van der Waals surface area contributed by atoms with E-state index in [0.29, 0.717) is 31.0 Å². The molecule has 9 nitrogen and oxygen atoms in total. The summed E-state index contributed by atoms with van der Waals surface area (Å²) in [5.41, 5.74) is 0.680. The van der Waals surface area contributed by atoms with Crippen LogP contribution in [0.1, 0.15) is 62.7 Å². The van der Waals surface area contributed by atoms with Crippen LogP contribution in [0.5, 0.6) is 0 Å². The summed E-state index contributed by atoms with van der Waals surface area (Å²) >= 11 is 6.26. The topological polar surface area (TPSA) is 108 Å². The lowest BCUT2D eigenvalue weighted by Gasteiger charge is -2.33. The fraction of sp³-hybridized carbons (Fsp3) is 0.406. The second-order valence-electron chi connectivity index (χ2n) is 11.6. The van der Waals surface area contributed by atoms with Crippen molar-refractivity contribution in [3.05, 3.63) is 92.7 Å². The van der Waals surface area contributed by atoms with E-state index in [-0.39, 0.29) is 48.4 Å². The molecule has 2 aliphatic rings. The molecule has 1 aliphatic carbocycles. The highest BCUT2D eigenvalue weighted by Crippen LogP contribution is 2.41. The summed E-state index contributed by atoms with van der Waals surface area (Å²) in [7, 11) is 0. The molecule has 2 unspecified atom stereocenters. The molecule has 2 atom stereocenters. The Morgan fingerprint density at radius 3 is 2.54 bits per heavy atom. The van der Waals surface area contributed by atoms with E-state index < -0.39 is 51.6 Å². The molecule has 1 aromatic carbocycles. The zero-order chi connectivity index (χ0) is 33.3. The second kappa shape index (κ2) is 13.2. The van der Waals surface area contributed by atoms with Crippen LogP contribution in [0.2, 0.25) is 5.02 Å². The number of halogens is 5. The number of benzene rings is 1. The Bertz CT molecular complexity index is 1760. The minimum absolute atomic E-state index is 0.00357. The predicted molar refractivity (Wildman–Crippen MR) is 160 cm³/mol. The van der Waals surface area contributed by atoms with E-state index in [9.17, 15) is 22.8 Å². The first-order chi connectivity index (χ1) is 21.8. The van der Waals surface area contributed by atoms with Crippen LogP contribution in [0.4, 0.5) is 17.6 Å². The fourth-order valence-corrected chi connectivity index (χ4v) is 5.95. The van der Waals surface area contributed by atoms with Crippen molar-refractivity contribution < 1.29 is 36.6 Å². The van der Waals surface area contributed by atoms with E-state index in [1.165, 1.54) is 6.07 Å². The molecule has 3 aromatic rings. The van der Waals surface area contributed by atoms with Gasteiger partial charge in [-0.15, -0.1) is 0 Å². The van der Waals surface area contributed by atoms with Crippen LogP contribution >= 0.6 is 11.6 Å². The molecule has 0 bridgehead atoms. The quantitative estimate of drug-likeness (QED) is 0.176. The SMILES string of the molecule is CCOC(=O)C1=C(C2CCc3nn(CC(C)(C)C(=O)OCC)cc3C2)NC(c2ncc(F)cc2F)=NC1c1ccc(F)c(F)c1Cl. The Kier molecular flexibility index (Phi) is 9.52. The van der Waals surface area contributed by atoms with Gasteiger partial charge < -0.3 is 14.8 Å². The van der Waals surface area contributed by atoms with E-state index in [4.69, 9.17) is 21.1 Å². The Labute approximate surface area is 267 Å². The maximum Gasteiger partial charge on any atom is 0.338 e. The minimum atomic E-state index is -1.35. The van der Waals surface area contributed by atoms with Crippen LogP contribution in [0.3, 0.4) is 0 Å². The third-order valence-corrected chi connectivity index (χ3v) is 8.26. The number of nitrogens with one attached hydrogen (secondary N) is 1. The highest BCUT2D eigenvalue weighted by atomic mass is 35.5. The summed E-state index contributed by atoms with van der Waals surface area (Å²) in [5.74, 6) is -6.21. The summed E-state index contributed by atoms with van der Waals surface area (Å²) in [6.07, 6.45) is 3.97.